The number of aromatic hydroxyl groups is 2. The molecule has 0 radical (unpaired) electrons. The number of H-pyrrole nitrogens is 1. The van der Waals surface area contributed by atoms with E-state index in [1.54, 1.807) is 0 Å². The predicted octanol–water partition coefficient (Wildman–Crippen LogP) is 4.05. The molecule has 1 heterocycles. The Balaban J connectivity index is 2.05. The highest BCUT2D eigenvalue weighted by atomic mass is 16.4. The van der Waals surface area contributed by atoms with Crippen LogP contribution in [0.15, 0.2) is 23.8 Å². The quantitative estimate of drug-likeness (QED) is 0.332. The van der Waals surface area contributed by atoms with Gasteiger partial charge in [-0.15, -0.1) is 0 Å². The van der Waals surface area contributed by atoms with E-state index in [-0.39, 0.29) is 34.8 Å². The standard InChI is InChI=1S/C25H35NO6/c1-6-13(3)16-8-7-15-10-12(2)9-14(4)18(15)19(16)22(28)20-21(27)17(26-23(20)29)11-25(5,32)24(30)31/h6-8,12,14-16,18-19,26-27,29,32H,9-11H2,1-5H3,(H,30,31)/t12-,14+,15-,16+,18-,19-,25+/m1/s1. The van der Waals surface area contributed by atoms with Gasteiger partial charge in [0.25, 0.3) is 0 Å². The molecule has 0 saturated heterocycles. The van der Waals surface area contributed by atoms with E-state index in [1.165, 1.54) is 0 Å². The van der Waals surface area contributed by atoms with Crippen molar-refractivity contribution in [1.29, 1.82) is 0 Å². The van der Waals surface area contributed by atoms with Crippen LogP contribution in [0.5, 0.6) is 11.6 Å². The number of aromatic nitrogens is 1. The van der Waals surface area contributed by atoms with Crippen molar-refractivity contribution in [2.45, 2.75) is 59.5 Å². The van der Waals surface area contributed by atoms with Crippen molar-refractivity contribution < 1.29 is 30.0 Å². The third-order valence-electron chi connectivity index (χ3n) is 7.51. The van der Waals surface area contributed by atoms with Gasteiger partial charge in [-0.1, -0.05) is 37.6 Å². The highest BCUT2D eigenvalue weighted by Gasteiger charge is 2.48. The van der Waals surface area contributed by atoms with Crippen LogP contribution < -0.4 is 0 Å². The molecular weight excluding hydrogens is 410 g/mol. The van der Waals surface area contributed by atoms with E-state index in [2.05, 4.69) is 31.0 Å². The molecule has 0 aliphatic heterocycles. The topological polar surface area (TPSA) is 131 Å². The Morgan fingerprint density at radius 3 is 2.47 bits per heavy atom. The molecule has 0 amide bonds. The average molecular weight is 446 g/mol. The Labute approximate surface area is 188 Å². The number of hydrogen-bond acceptors (Lipinski definition) is 5. The van der Waals surface area contributed by atoms with Crippen molar-refractivity contribution in [3.8, 4) is 11.6 Å². The summed E-state index contributed by atoms with van der Waals surface area (Å²) in [7, 11) is 0. The van der Waals surface area contributed by atoms with E-state index in [1.807, 2.05) is 19.9 Å². The van der Waals surface area contributed by atoms with Gasteiger partial charge in [-0.05, 0) is 57.3 Å². The lowest BCUT2D eigenvalue weighted by atomic mass is 9.56. The van der Waals surface area contributed by atoms with Gasteiger partial charge < -0.3 is 25.4 Å². The number of rotatable bonds is 6. The maximum absolute atomic E-state index is 13.9. The Morgan fingerprint density at radius 1 is 1.22 bits per heavy atom. The van der Waals surface area contributed by atoms with Crippen LogP contribution in [0.25, 0.3) is 0 Å². The molecule has 2 aliphatic rings. The van der Waals surface area contributed by atoms with E-state index in [4.69, 9.17) is 0 Å². The molecule has 3 rings (SSSR count). The number of carbonyl (C=O) groups is 2. The molecule has 0 aromatic carbocycles. The summed E-state index contributed by atoms with van der Waals surface area (Å²) in [6, 6.07) is 0. The second-order valence-corrected chi connectivity index (χ2v) is 10.1. The molecule has 0 unspecified atom stereocenters. The van der Waals surface area contributed by atoms with Crippen molar-refractivity contribution in [2.75, 3.05) is 0 Å². The lowest BCUT2D eigenvalue weighted by molar-refractivity contribution is -0.156. The van der Waals surface area contributed by atoms with Gasteiger partial charge in [-0.2, -0.15) is 0 Å². The molecule has 7 nitrogen and oxygen atoms in total. The number of carboxylic acids is 1. The van der Waals surface area contributed by atoms with Crippen molar-refractivity contribution in [1.82, 2.24) is 4.98 Å². The van der Waals surface area contributed by atoms with Gasteiger partial charge in [0.15, 0.2) is 17.1 Å². The first-order valence-electron chi connectivity index (χ1n) is 11.3. The van der Waals surface area contributed by atoms with Crippen LogP contribution in [0.3, 0.4) is 0 Å². The van der Waals surface area contributed by atoms with Gasteiger partial charge in [0.05, 0.1) is 5.69 Å². The zero-order valence-corrected chi connectivity index (χ0v) is 19.4. The highest BCUT2D eigenvalue weighted by molar-refractivity contribution is 6.03. The van der Waals surface area contributed by atoms with Crippen molar-refractivity contribution >= 4 is 11.8 Å². The van der Waals surface area contributed by atoms with E-state index < -0.39 is 35.5 Å². The molecule has 7 heteroatoms. The fourth-order valence-corrected chi connectivity index (χ4v) is 5.82. The Bertz CT molecular complexity index is 956. The van der Waals surface area contributed by atoms with Gasteiger partial charge in [-0.25, -0.2) is 4.79 Å². The lowest BCUT2D eigenvalue weighted by Gasteiger charge is -2.47. The average Bonchev–Trinajstić information content (AvgIpc) is 2.98. The van der Waals surface area contributed by atoms with Crippen LogP contribution in [0.4, 0.5) is 0 Å². The van der Waals surface area contributed by atoms with Gasteiger partial charge in [-0.3, -0.25) is 4.79 Å². The number of allylic oxidation sites excluding steroid dienone is 4. The summed E-state index contributed by atoms with van der Waals surface area (Å²) in [6.45, 7) is 9.41. The van der Waals surface area contributed by atoms with Gasteiger partial charge in [0.2, 0.25) is 5.88 Å². The summed E-state index contributed by atoms with van der Waals surface area (Å²) in [4.78, 5) is 27.7. The second-order valence-electron chi connectivity index (χ2n) is 10.1. The Morgan fingerprint density at radius 2 is 1.88 bits per heavy atom. The number of ketones is 1. The number of carboxylic acid groups (broad SMARTS) is 1. The molecule has 1 fully saturated rings. The third-order valence-corrected chi connectivity index (χ3v) is 7.51. The van der Waals surface area contributed by atoms with Gasteiger partial charge in [0, 0.05) is 18.3 Å². The molecule has 0 spiro atoms. The maximum Gasteiger partial charge on any atom is 0.335 e. The summed E-state index contributed by atoms with van der Waals surface area (Å²) in [5, 5.41) is 40.6. The normalized spacial score (nSPS) is 32.2. The zero-order chi connectivity index (χ0) is 24.0. The number of fused-ring (bicyclic) bond motifs is 1. The number of Topliss-reactive ketones (excluding diaryl/α,β-unsaturated/α-hetero) is 1. The van der Waals surface area contributed by atoms with E-state index in [0.29, 0.717) is 11.8 Å². The highest BCUT2D eigenvalue weighted by Crippen LogP contribution is 2.51. The van der Waals surface area contributed by atoms with E-state index in [9.17, 15) is 30.0 Å². The summed E-state index contributed by atoms with van der Waals surface area (Å²) >= 11 is 0. The van der Waals surface area contributed by atoms with Crippen LogP contribution in [-0.2, 0) is 11.2 Å². The lowest BCUT2D eigenvalue weighted by Crippen LogP contribution is -2.44. The summed E-state index contributed by atoms with van der Waals surface area (Å²) in [5.74, 6) is -2.24. The molecule has 5 N–H and O–H groups in total. The summed E-state index contributed by atoms with van der Waals surface area (Å²) in [6.07, 6.45) is 7.83. The largest absolute Gasteiger partial charge is 0.505 e. The first-order chi connectivity index (χ1) is 14.9. The van der Waals surface area contributed by atoms with Crippen molar-refractivity contribution in [3.63, 3.8) is 0 Å². The SMILES string of the molecule is CC=C(C)[C@@H]1C=C[C@@H]2C[C@H](C)C[C@H](C)[C@H]2[C@@H]1C(=O)c1c(O)[nH]c(C[C@](C)(O)C(=O)O)c1O. The molecule has 1 aromatic rings. The monoisotopic (exact) mass is 445 g/mol. The minimum absolute atomic E-state index is 0.0721. The fraction of sp³-hybridized carbons (Fsp3) is 0.600. The van der Waals surface area contributed by atoms with Crippen LogP contribution in [-0.4, -0.2) is 42.8 Å². The first-order valence-corrected chi connectivity index (χ1v) is 11.3. The summed E-state index contributed by atoms with van der Waals surface area (Å²) < 4.78 is 0. The van der Waals surface area contributed by atoms with Gasteiger partial charge >= 0.3 is 5.97 Å². The molecule has 1 aromatic heterocycles. The second kappa shape index (κ2) is 8.77. The Hall–Kier alpha value is -2.54. The molecule has 0 bridgehead atoms. The van der Waals surface area contributed by atoms with Crippen LogP contribution in [0.1, 0.15) is 63.5 Å². The minimum Gasteiger partial charge on any atom is -0.505 e. The molecule has 1 saturated carbocycles. The Kier molecular flexibility index (Phi) is 6.61. The zero-order valence-electron chi connectivity index (χ0n) is 19.4. The molecule has 32 heavy (non-hydrogen) atoms. The van der Waals surface area contributed by atoms with Crippen molar-refractivity contribution in [2.24, 2.45) is 35.5 Å². The number of carbonyl (C=O) groups excluding carboxylic acids is 1. The third kappa shape index (κ3) is 4.22. The summed E-state index contributed by atoms with van der Waals surface area (Å²) in [5.41, 5.74) is -1.41. The maximum atomic E-state index is 13.9. The number of hydrogen-bond donors (Lipinski definition) is 5. The molecular formula is C25H35NO6. The van der Waals surface area contributed by atoms with E-state index >= 15 is 0 Å². The fourth-order valence-electron chi connectivity index (χ4n) is 5.82. The number of aromatic amines is 1. The number of aliphatic hydroxyl groups is 1. The number of nitrogens with one attached hydrogen (secondary N) is 1. The van der Waals surface area contributed by atoms with Gasteiger partial charge in [0.1, 0.15) is 5.56 Å². The number of aliphatic carboxylic acids is 1. The van der Waals surface area contributed by atoms with E-state index in [0.717, 1.165) is 25.3 Å². The molecule has 7 atom stereocenters. The van der Waals surface area contributed by atoms with Crippen LogP contribution >= 0.6 is 0 Å². The van der Waals surface area contributed by atoms with Crippen LogP contribution in [0.2, 0.25) is 0 Å². The first kappa shape index (κ1) is 24.1. The smallest absolute Gasteiger partial charge is 0.335 e. The van der Waals surface area contributed by atoms with Crippen molar-refractivity contribution in [3.05, 3.63) is 35.1 Å². The predicted molar refractivity (Wildman–Crippen MR) is 121 cm³/mol. The minimum atomic E-state index is -2.16. The molecule has 2 aliphatic carbocycles. The van der Waals surface area contributed by atoms with Crippen LogP contribution in [0, 0.1) is 35.5 Å². The molecule has 176 valence electrons.